The molecule has 2 aliphatic rings. The van der Waals surface area contributed by atoms with E-state index in [1.165, 1.54) is 5.56 Å². The Balaban J connectivity index is 1.66. The van der Waals surface area contributed by atoms with Crippen molar-refractivity contribution in [3.8, 4) is 0 Å². The van der Waals surface area contributed by atoms with Gasteiger partial charge in [-0.05, 0) is 36.3 Å². The van der Waals surface area contributed by atoms with Gasteiger partial charge in [-0.2, -0.15) is 0 Å². The summed E-state index contributed by atoms with van der Waals surface area (Å²) in [5, 5.41) is 2.90. The molecule has 7 nitrogen and oxygen atoms in total. The summed E-state index contributed by atoms with van der Waals surface area (Å²) in [4.78, 5) is 50.4. The van der Waals surface area contributed by atoms with Gasteiger partial charge < -0.3 is 5.32 Å². The van der Waals surface area contributed by atoms with Crippen molar-refractivity contribution in [2.45, 2.75) is 39.2 Å². The molecule has 1 aromatic rings. The van der Waals surface area contributed by atoms with Gasteiger partial charge in [0.1, 0.15) is 6.54 Å². The van der Waals surface area contributed by atoms with E-state index in [2.05, 4.69) is 5.32 Å². The van der Waals surface area contributed by atoms with Gasteiger partial charge in [0.05, 0.1) is 6.04 Å². The molecule has 138 valence electrons. The molecule has 5 amide bonds. The first-order chi connectivity index (χ1) is 12.4. The minimum absolute atomic E-state index is 0.0446. The summed E-state index contributed by atoms with van der Waals surface area (Å²) in [6.07, 6.45) is 2.75. The van der Waals surface area contributed by atoms with Crippen LogP contribution in [0.3, 0.4) is 0 Å². The molecule has 3 rings (SSSR count). The average Bonchev–Trinajstić information content (AvgIpc) is 2.80. The van der Waals surface area contributed by atoms with Gasteiger partial charge in [0.25, 0.3) is 0 Å². The minimum Gasteiger partial charge on any atom is -0.348 e. The van der Waals surface area contributed by atoms with Crippen molar-refractivity contribution in [1.29, 1.82) is 0 Å². The fraction of sp³-hybridized carbons (Fsp3) is 0.474. The first kappa shape index (κ1) is 18.1. The Hall–Kier alpha value is -2.70. The van der Waals surface area contributed by atoms with Crippen LogP contribution in [0.5, 0.6) is 0 Å². The highest BCUT2D eigenvalue weighted by molar-refractivity contribution is 6.45. The Morgan fingerprint density at radius 1 is 1.15 bits per heavy atom. The number of benzene rings is 1. The van der Waals surface area contributed by atoms with E-state index in [-0.39, 0.29) is 18.5 Å². The third-order valence-corrected chi connectivity index (χ3v) is 4.69. The van der Waals surface area contributed by atoms with E-state index in [1.54, 1.807) is 0 Å². The van der Waals surface area contributed by atoms with Crippen LogP contribution in [0.4, 0.5) is 4.79 Å². The monoisotopic (exact) mass is 357 g/mol. The number of hydrogen-bond donors (Lipinski definition) is 1. The largest absolute Gasteiger partial charge is 0.348 e. The van der Waals surface area contributed by atoms with Crippen molar-refractivity contribution in [2.24, 2.45) is 5.92 Å². The zero-order chi connectivity index (χ0) is 18.8. The number of carbonyl (C=O) groups is 4. The summed E-state index contributed by atoms with van der Waals surface area (Å²) < 4.78 is 0. The second kappa shape index (κ2) is 7.27. The van der Waals surface area contributed by atoms with Crippen LogP contribution in [-0.2, 0) is 20.8 Å². The van der Waals surface area contributed by atoms with Crippen molar-refractivity contribution in [2.75, 3.05) is 13.1 Å². The summed E-state index contributed by atoms with van der Waals surface area (Å²) >= 11 is 0. The normalized spacial score (nSPS) is 20.0. The van der Waals surface area contributed by atoms with Gasteiger partial charge >= 0.3 is 17.8 Å². The molecule has 0 spiro atoms. The number of carbonyl (C=O) groups excluding carboxylic acids is 4. The van der Waals surface area contributed by atoms with E-state index in [4.69, 9.17) is 0 Å². The lowest BCUT2D eigenvalue weighted by Crippen LogP contribution is -2.43. The Morgan fingerprint density at radius 2 is 1.85 bits per heavy atom. The molecule has 0 bridgehead atoms. The average molecular weight is 357 g/mol. The SMILES string of the molecule is CC(C)CN1C(=O)C(=O)N(CC(=O)NC2CCCc3ccccc32)C1=O. The van der Waals surface area contributed by atoms with Crippen molar-refractivity contribution >= 4 is 23.8 Å². The van der Waals surface area contributed by atoms with Gasteiger partial charge in [-0.15, -0.1) is 0 Å². The summed E-state index contributed by atoms with van der Waals surface area (Å²) in [6.45, 7) is 3.43. The Kier molecular flexibility index (Phi) is 5.06. The van der Waals surface area contributed by atoms with E-state index >= 15 is 0 Å². The Morgan fingerprint density at radius 3 is 2.58 bits per heavy atom. The van der Waals surface area contributed by atoms with E-state index < -0.39 is 30.3 Å². The van der Waals surface area contributed by atoms with Crippen LogP contribution in [0.15, 0.2) is 24.3 Å². The Labute approximate surface area is 152 Å². The molecule has 0 saturated carbocycles. The molecule has 1 aliphatic carbocycles. The van der Waals surface area contributed by atoms with Crippen molar-refractivity contribution in [1.82, 2.24) is 15.1 Å². The van der Waals surface area contributed by atoms with Crippen LogP contribution >= 0.6 is 0 Å². The predicted molar refractivity (Wildman–Crippen MR) is 93.9 cm³/mol. The molecule has 1 atom stereocenters. The van der Waals surface area contributed by atoms with Gasteiger partial charge in [0, 0.05) is 6.54 Å². The topological polar surface area (TPSA) is 86.8 Å². The quantitative estimate of drug-likeness (QED) is 0.641. The van der Waals surface area contributed by atoms with E-state index in [0.717, 1.165) is 34.6 Å². The van der Waals surface area contributed by atoms with Crippen molar-refractivity contribution < 1.29 is 19.2 Å². The molecular weight excluding hydrogens is 334 g/mol. The first-order valence-electron chi connectivity index (χ1n) is 8.93. The first-order valence-corrected chi connectivity index (χ1v) is 8.93. The molecule has 1 heterocycles. The number of urea groups is 1. The molecule has 1 fully saturated rings. The van der Waals surface area contributed by atoms with E-state index in [0.29, 0.717) is 0 Å². The number of rotatable bonds is 5. The van der Waals surface area contributed by atoms with E-state index in [9.17, 15) is 19.2 Å². The molecule has 1 saturated heterocycles. The highest BCUT2D eigenvalue weighted by Crippen LogP contribution is 2.29. The molecule has 7 heteroatoms. The number of fused-ring (bicyclic) bond motifs is 1. The number of imide groups is 2. The van der Waals surface area contributed by atoms with Crippen LogP contribution in [0.25, 0.3) is 0 Å². The maximum atomic E-state index is 12.4. The van der Waals surface area contributed by atoms with Crippen LogP contribution in [0, 0.1) is 5.92 Å². The second-order valence-electron chi connectivity index (χ2n) is 7.19. The smallest absolute Gasteiger partial charge is 0.334 e. The number of nitrogens with zero attached hydrogens (tertiary/aromatic N) is 2. The lowest BCUT2D eigenvalue weighted by Gasteiger charge is -2.27. The van der Waals surface area contributed by atoms with Crippen molar-refractivity contribution in [3.05, 3.63) is 35.4 Å². The lowest BCUT2D eigenvalue weighted by atomic mass is 9.88. The lowest BCUT2D eigenvalue weighted by molar-refractivity contribution is -0.144. The molecule has 0 radical (unpaired) electrons. The van der Waals surface area contributed by atoms with E-state index in [1.807, 2.05) is 38.1 Å². The summed E-state index contributed by atoms with van der Waals surface area (Å²) in [7, 11) is 0. The van der Waals surface area contributed by atoms with Crippen LogP contribution < -0.4 is 5.32 Å². The standard InChI is InChI=1S/C19H23N3O4/c1-12(2)10-21-17(24)18(25)22(19(21)26)11-16(23)20-15-9-5-7-13-6-3-4-8-14(13)15/h3-4,6,8,12,15H,5,7,9-11H2,1-2H3,(H,20,23). The van der Waals surface area contributed by atoms with Gasteiger partial charge in [-0.1, -0.05) is 38.1 Å². The van der Waals surface area contributed by atoms with Gasteiger partial charge in [-0.3, -0.25) is 19.3 Å². The van der Waals surface area contributed by atoms with Crippen LogP contribution in [0.2, 0.25) is 0 Å². The molecule has 1 aliphatic heterocycles. The number of amides is 5. The minimum atomic E-state index is -0.935. The maximum absolute atomic E-state index is 12.4. The predicted octanol–water partition coefficient (Wildman–Crippen LogP) is 1.63. The number of aryl methyl sites for hydroxylation is 1. The van der Waals surface area contributed by atoms with Gasteiger partial charge in [0.15, 0.2) is 0 Å². The summed E-state index contributed by atoms with van der Waals surface area (Å²) in [5.41, 5.74) is 2.28. The Bertz CT molecular complexity index is 759. The van der Waals surface area contributed by atoms with Gasteiger partial charge in [-0.25, -0.2) is 9.69 Å². The fourth-order valence-corrected chi connectivity index (χ4v) is 3.50. The zero-order valence-corrected chi connectivity index (χ0v) is 15.0. The molecule has 0 aromatic heterocycles. The second-order valence-corrected chi connectivity index (χ2v) is 7.19. The number of nitrogens with one attached hydrogen (secondary N) is 1. The zero-order valence-electron chi connectivity index (χ0n) is 15.0. The molecule has 1 unspecified atom stereocenters. The van der Waals surface area contributed by atoms with Crippen LogP contribution in [0.1, 0.15) is 43.9 Å². The molecule has 1 N–H and O–H groups in total. The fourth-order valence-electron chi connectivity index (χ4n) is 3.50. The van der Waals surface area contributed by atoms with Gasteiger partial charge in [0.2, 0.25) is 5.91 Å². The van der Waals surface area contributed by atoms with Crippen LogP contribution in [-0.4, -0.2) is 46.6 Å². The third-order valence-electron chi connectivity index (χ3n) is 4.69. The summed E-state index contributed by atoms with van der Waals surface area (Å²) in [5.74, 6) is -2.19. The highest BCUT2D eigenvalue weighted by Gasteiger charge is 2.45. The number of hydrogen-bond acceptors (Lipinski definition) is 4. The maximum Gasteiger partial charge on any atom is 0.334 e. The molecular formula is C19H23N3O4. The summed E-state index contributed by atoms with van der Waals surface area (Å²) in [6, 6.07) is 7.08. The molecule has 1 aromatic carbocycles. The molecule has 26 heavy (non-hydrogen) atoms. The highest BCUT2D eigenvalue weighted by atomic mass is 16.2. The third kappa shape index (κ3) is 3.47. The van der Waals surface area contributed by atoms with Crippen molar-refractivity contribution in [3.63, 3.8) is 0 Å².